The van der Waals surface area contributed by atoms with Crippen LogP contribution >= 0.6 is 0 Å². The average Bonchev–Trinajstić information content (AvgIpc) is 2.79. The first-order valence-electron chi connectivity index (χ1n) is 10.2. The average molecular weight is 406 g/mol. The van der Waals surface area contributed by atoms with E-state index in [-0.39, 0.29) is 6.04 Å². The highest BCUT2D eigenvalue weighted by Gasteiger charge is 2.37. The molecule has 3 aromatic rings. The molecule has 0 aliphatic carbocycles. The Bertz CT molecular complexity index is 1050. The SMILES string of the molecule is COc1cccc(C(c2ccnc3ccccc23)N2CCCCC2C(=O)O)c1OC. The van der Waals surface area contributed by atoms with Crippen molar-refractivity contribution in [2.45, 2.75) is 31.3 Å². The molecule has 1 saturated heterocycles. The van der Waals surface area contributed by atoms with Gasteiger partial charge in [0.15, 0.2) is 11.5 Å². The minimum absolute atomic E-state index is 0.302. The maximum atomic E-state index is 12.2. The summed E-state index contributed by atoms with van der Waals surface area (Å²) < 4.78 is 11.3. The van der Waals surface area contributed by atoms with Crippen molar-refractivity contribution in [3.05, 3.63) is 65.9 Å². The van der Waals surface area contributed by atoms with E-state index in [9.17, 15) is 9.90 Å². The maximum Gasteiger partial charge on any atom is 0.320 e. The number of aliphatic carboxylic acids is 1. The van der Waals surface area contributed by atoms with Crippen LogP contribution < -0.4 is 9.47 Å². The summed E-state index contributed by atoms with van der Waals surface area (Å²) in [6.45, 7) is 0.693. The molecular weight excluding hydrogens is 380 g/mol. The van der Waals surface area contributed by atoms with E-state index in [4.69, 9.17) is 9.47 Å². The van der Waals surface area contributed by atoms with Gasteiger partial charge in [0.1, 0.15) is 6.04 Å². The molecule has 1 aliphatic rings. The van der Waals surface area contributed by atoms with Gasteiger partial charge in [-0.1, -0.05) is 36.8 Å². The van der Waals surface area contributed by atoms with Gasteiger partial charge in [0.2, 0.25) is 0 Å². The number of rotatable bonds is 6. The molecule has 0 radical (unpaired) electrons. The lowest BCUT2D eigenvalue weighted by Gasteiger charge is -2.40. The lowest BCUT2D eigenvalue weighted by molar-refractivity contribution is -0.145. The predicted molar refractivity (Wildman–Crippen MR) is 115 cm³/mol. The van der Waals surface area contributed by atoms with E-state index >= 15 is 0 Å². The number of aromatic nitrogens is 1. The summed E-state index contributed by atoms with van der Waals surface area (Å²) in [5, 5.41) is 11.0. The third-order valence-corrected chi connectivity index (χ3v) is 5.87. The molecule has 4 rings (SSSR count). The van der Waals surface area contributed by atoms with Crippen molar-refractivity contribution in [3.63, 3.8) is 0 Å². The third kappa shape index (κ3) is 3.59. The zero-order valence-corrected chi connectivity index (χ0v) is 17.2. The summed E-state index contributed by atoms with van der Waals surface area (Å²) in [6, 6.07) is 14.9. The van der Waals surface area contributed by atoms with Crippen molar-refractivity contribution in [1.82, 2.24) is 9.88 Å². The molecule has 6 heteroatoms. The summed E-state index contributed by atoms with van der Waals surface area (Å²) in [5.74, 6) is 0.461. The summed E-state index contributed by atoms with van der Waals surface area (Å²) in [6.07, 6.45) is 4.28. The maximum absolute atomic E-state index is 12.2. The molecule has 2 aromatic carbocycles. The van der Waals surface area contributed by atoms with Gasteiger partial charge in [-0.05, 0) is 43.1 Å². The lowest BCUT2D eigenvalue weighted by atomic mass is 9.89. The lowest BCUT2D eigenvalue weighted by Crippen LogP contribution is -2.47. The Hall–Kier alpha value is -3.12. The molecule has 2 atom stereocenters. The van der Waals surface area contributed by atoms with Crippen LogP contribution in [0.1, 0.15) is 36.4 Å². The summed E-state index contributed by atoms with van der Waals surface area (Å²) >= 11 is 0. The van der Waals surface area contributed by atoms with E-state index < -0.39 is 12.0 Å². The van der Waals surface area contributed by atoms with Gasteiger partial charge in [-0.3, -0.25) is 14.7 Å². The molecule has 156 valence electrons. The molecule has 6 nitrogen and oxygen atoms in total. The minimum atomic E-state index is -0.792. The Balaban J connectivity index is 1.98. The predicted octanol–water partition coefficient (Wildman–Crippen LogP) is 4.28. The monoisotopic (exact) mass is 406 g/mol. The summed E-state index contributed by atoms with van der Waals surface area (Å²) in [4.78, 5) is 18.8. The zero-order chi connectivity index (χ0) is 21.1. The number of methoxy groups -OCH3 is 2. The molecule has 30 heavy (non-hydrogen) atoms. The summed E-state index contributed by atoms with van der Waals surface area (Å²) in [7, 11) is 3.23. The normalized spacial score (nSPS) is 18.1. The highest BCUT2D eigenvalue weighted by atomic mass is 16.5. The number of benzene rings is 2. The van der Waals surface area contributed by atoms with Crippen LogP contribution in [0.2, 0.25) is 0 Å². The van der Waals surface area contributed by atoms with E-state index in [1.54, 1.807) is 20.4 Å². The summed E-state index contributed by atoms with van der Waals surface area (Å²) in [5.41, 5.74) is 2.78. The topological polar surface area (TPSA) is 71.9 Å². The van der Waals surface area contributed by atoms with Gasteiger partial charge in [-0.15, -0.1) is 0 Å². The molecule has 0 amide bonds. The first kappa shape index (κ1) is 20.2. The van der Waals surface area contributed by atoms with Crippen molar-refractivity contribution < 1.29 is 19.4 Å². The highest BCUT2D eigenvalue weighted by Crippen LogP contribution is 2.43. The van der Waals surface area contributed by atoms with E-state index in [0.29, 0.717) is 24.5 Å². The fraction of sp³-hybridized carbons (Fsp3) is 0.333. The molecule has 1 fully saturated rings. The number of hydrogen-bond donors (Lipinski definition) is 1. The smallest absolute Gasteiger partial charge is 0.320 e. The number of carboxylic acid groups (broad SMARTS) is 1. The van der Waals surface area contributed by atoms with Crippen molar-refractivity contribution in [3.8, 4) is 11.5 Å². The quantitative estimate of drug-likeness (QED) is 0.659. The number of carboxylic acids is 1. The van der Waals surface area contributed by atoms with Gasteiger partial charge in [-0.25, -0.2) is 0 Å². The number of para-hydroxylation sites is 2. The number of nitrogens with zero attached hydrogens (tertiary/aromatic N) is 2. The molecule has 2 heterocycles. The van der Waals surface area contributed by atoms with Crippen molar-refractivity contribution >= 4 is 16.9 Å². The van der Waals surface area contributed by atoms with Crippen LogP contribution in [0, 0.1) is 0 Å². The molecule has 0 saturated carbocycles. The number of pyridine rings is 1. The van der Waals surface area contributed by atoms with Gasteiger partial charge in [0.05, 0.1) is 25.8 Å². The van der Waals surface area contributed by atoms with Gasteiger partial charge in [-0.2, -0.15) is 0 Å². The van der Waals surface area contributed by atoms with Gasteiger partial charge in [0.25, 0.3) is 0 Å². The van der Waals surface area contributed by atoms with Gasteiger partial charge >= 0.3 is 5.97 Å². The molecule has 1 N–H and O–H groups in total. The first-order valence-corrected chi connectivity index (χ1v) is 10.2. The van der Waals surface area contributed by atoms with Crippen LogP contribution in [0.25, 0.3) is 10.9 Å². The van der Waals surface area contributed by atoms with Crippen molar-refractivity contribution in [1.29, 1.82) is 0 Å². The number of carbonyl (C=O) groups is 1. The van der Waals surface area contributed by atoms with Crippen molar-refractivity contribution in [2.24, 2.45) is 0 Å². The molecule has 0 bridgehead atoms. The van der Waals surface area contributed by atoms with Crippen LogP contribution in [0.5, 0.6) is 11.5 Å². The van der Waals surface area contributed by atoms with Gasteiger partial charge < -0.3 is 14.6 Å². The Labute approximate surface area is 176 Å². The second kappa shape index (κ2) is 8.71. The highest BCUT2D eigenvalue weighted by molar-refractivity contribution is 5.83. The van der Waals surface area contributed by atoms with Crippen LogP contribution in [-0.4, -0.2) is 47.8 Å². The van der Waals surface area contributed by atoms with Gasteiger partial charge in [0, 0.05) is 17.1 Å². The van der Waals surface area contributed by atoms with Crippen LogP contribution in [0.15, 0.2) is 54.7 Å². The second-order valence-electron chi connectivity index (χ2n) is 7.49. The van der Waals surface area contributed by atoms with E-state index in [0.717, 1.165) is 34.9 Å². The van der Waals surface area contributed by atoms with E-state index in [1.165, 1.54) is 0 Å². The molecule has 2 unspecified atom stereocenters. The standard InChI is InChI=1S/C24H26N2O4/c1-29-21-12-7-9-18(23(21)30-2)22(26-15-6-5-11-20(26)24(27)28)17-13-14-25-19-10-4-3-8-16(17)19/h3-4,7-10,12-14,20,22H,5-6,11,15H2,1-2H3,(H,27,28). The second-order valence-corrected chi connectivity index (χ2v) is 7.49. The largest absolute Gasteiger partial charge is 0.493 e. The molecule has 1 aliphatic heterocycles. The van der Waals surface area contributed by atoms with E-state index in [1.807, 2.05) is 48.5 Å². The minimum Gasteiger partial charge on any atom is -0.493 e. The molecule has 0 spiro atoms. The molecular formula is C24H26N2O4. The van der Waals surface area contributed by atoms with Crippen LogP contribution in [0.4, 0.5) is 0 Å². The Morgan fingerprint density at radius 3 is 2.67 bits per heavy atom. The fourth-order valence-electron chi connectivity index (χ4n) is 4.54. The van der Waals surface area contributed by atoms with E-state index in [2.05, 4.69) is 9.88 Å². The number of likely N-dealkylation sites (tertiary alicyclic amines) is 1. The van der Waals surface area contributed by atoms with Crippen molar-refractivity contribution in [2.75, 3.05) is 20.8 Å². The fourth-order valence-corrected chi connectivity index (χ4v) is 4.54. The molecule has 1 aromatic heterocycles. The Morgan fingerprint density at radius 2 is 1.90 bits per heavy atom. The number of hydrogen-bond acceptors (Lipinski definition) is 5. The zero-order valence-electron chi connectivity index (χ0n) is 17.2. The number of ether oxygens (including phenoxy) is 2. The van der Waals surface area contributed by atoms with Crippen LogP contribution in [-0.2, 0) is 4.79 Å². The number of fused-ring (bicyclic) bond motifs is 1. The Morgan fingerprint density at radius 1 is 1.07 bits per heavy atom. The number of piperidine rings is 1. The Kier molecular flexibility index (Phi) is 5.86. The first-order chi connectivity index (χ1) is 14.7. The third-order valence-electron chi connectivity index (χ3n) is 5.87. The van der Waals surface area contributed by atoms with Crippen LogP contribution in [0.3, 0.4) is 0 Å².